The highest BCUT2D eigenvalue weighted by Gasteiger charge is 2.23. The summed E-state index contributed by atoms with van der Waals surface area (Å²) in [6, 6.07) is 11.3. The van der Waals surface area contributed by atoms with E-state index in [0.717, 1.165) is 17.1 Å². The summed E-state index contributed by atoms with van der Waals surface area (Å²) in [5, 5.41) is 9.32. The lowest BCUT2D eigenvalue weighted by molar-refractivity contribution is 0.0728. The number of furan rings is 1. The molecule has 0 saturated carbocycles. The van der Waals surface area contributed by atoms with E-state index >= 15 is 0 Å². The Morgan fingerprint density at radius 2 is 2.04 bits per heavy atom. The van der Waals surface area contributed by atoms with Gasteiger partial charge in [-0.3, -0.25) is 4.79 Å². The van der Waals surface area contributed by atoms with Crippen molar-refractivity contribution in [3.8, 4) is 11.3 Å². The van der Waals surface area contributed by atoms with Crippen molar-refractivity contribution in [2.75, 3.05) is 32.9 Å². The van der Waals surface area contributed by atoms with E-state index in [9.17, 15) is 9.90 Å². The number of aliphatic hydroxyl groups excluding tert-OH is 1. The number of hydrogen-bond acceptors (Lipinski definition) is 4. The molecule has 5 nitrogen and oxygen atoms in total. The lowest BCUT2D eigenvalue weighted by atomic mass is 10.1. The zero-order valence-corrected chi connectivity index (χ0v) is 13.2. The summed E-state index contributed by atoms with van der Waals surface area (Å²) < 4.78 is 11.0. The molecule has 23 heavy (non-hydrogen) atoms. The third-order valence-electron chi connectivity index (χ3n) is 4.04. The Kier molecular flexibility index (Phi) is 4.79. The van der Waals surface area contributed by atoms with Gasteiger partial charge in [0, 0.05) is 36.7 Å². The van der Waals surface area contributed by atoms with Gasteiger partial charge in [-0.05, 0) is 31.2 Å². The molecular formula is C18H21NO4. The fraction of sp³-hybridized carbons (Fsp3) is 0.389. The van der Waals surface area contributed by atoms with E-state index in [0.29, 0.717) is 31.9 Å². The SMILES string of the molecule is Cc1ccc(-c2ccc(C(=O)N3CCOC[C@H](CO)C3)cc2)o1. The average molecular weight is 315 g/mol. The number of benzene rings is 1. The second-order valence-corrected chi connectivity index (χ2v) is 5.86. The van der Waals surface area contributed by atoms with Crippen LogP contribution in [0.2, 0.25) is 0 Å². The number of aryl methyl sites for hydroxylation is 1. The van der Waals surface area contributed by atoms with Gasteiger partial charge in [-0.2, -0.15) is 0 Å². The molecule has 0 aliphatic carbocycles. The van der Waals surface area contributed by atoms with Gasteiger partial charge in [0.25, 0.3) is 5.91 Å². The molecule has 1 N–H and O–H groups in total. The molecule has 0 bridgehead atoms. The number of carbonyl (C=O) groups excluding carboxylic acids is 1. The molecule has 2 aromatic rings. The smallest absolute Gasteiger partial charge is 0.253 e. The Balaban J connectivity index is 1.74. The molecule has 122 valence electrons. The van der Waals surface area contributed by atoms with Crippen molar-refractivity contribution in [3.05, 3.63) is 47.7 Å². The number of hydrogen-bond donors (Lipinski definition) is 1. The van der Waals surface area contributed by atoms with Crippen LogP contribution < -0.4 is 0 Å². The van der Waals surface area contributed by atoms with E-state index in [1.807, 2.05) is 43.3 Å². The van der Waals surface area contributed by atoms with Crippen molar-refractivity contribution in [1.29, 1.82) is 0 Å². The van der Waals surface area contributed by atoms with Gasteiger partial charge < -0.3 is 19.2 Å². The van der Waals surface area contributed by atoms with Crippen molar-refractivity contribution in [2.24, 2.45) is 5.92 Å². The highest BCUT2D eigenvalue weighted by molar-refractivity contribution is 5.94. The maximum Gasteiger partial charge on any atom is 0.253 e. The van der Waals surface area contributed by atoms with Crippen LogP contribution in [0.5, 0.6) is 0 Å². The fourth-order valence-electron chi connectivity index (χ4n) is 2.72. The summed E-state index contributed by atoms with van der Waals surface area (Å²) in [6.45, 7) is 4.01. The van der Waals surface area contributed by atoms with Crippen molar-refractivity contribution >= 4 is 5.91 Å². The monoisotopic (exact) mass is 315 g/mol. The van der Waals surface area contributed by atoms with Gasteiger partial charge in [0.1, 0.15) is 11.5 Å². The van der Waals surface area contributed by atoms with Gasteiger partial charge in [-0.1, -0.05) is 12.1 Å². The third kappa shape index (κ3) is 3.63. The van der Waals surface area contributed by atoms with Crippen LogP contribution in [0.3, 0.4) is 0 Å². The number of ether oxygens (including phenoxy) is 1. The minimum Gasteiger partial charge on any atom is -0.461 e. The fourth-order valence-corrected chi connectivity index (χ4v) is 2.72. The number of rotatable bonds is 3. The molecule has 1 atom stereocenters. The second kappa shape index (κ2) is 6.98. The molecule has 1 saturated heterocycles. The standard InChI is InChI=1S/C18H21NO4/c1-13-2-7-17(23-13)15-3-5-16(6-4-15)18(21)19-8-9-22-12-14(10-19)11-20/h2-7,14,20H,8-12H2,1H3/t14-/m0/s1. The first-order valence-corrected chi connectivity index (χ1v) is 7.82. The Hall–Kier alpha value is -2.11. The Morgan fingerprint density at radius 1 is 1.26 bits per heavy atom. The maximum absolute atomic E-state index is 12.6. The molecule has 1 amide bonds. The minimum atomic E-state index is -0.0314. The van der Waals surface area contributed by atoms with E-state index in [1.54, 1.807) is 4.90 Å². The lowest BCUT2D eigenvalue weighted by Crippen LogP contribution is -2.36. The van der Waals surface area contributed by atoms with Gasteiger partial charge in [-0.25, -0.2) is 0 Å². The molecule has 1 aromatic carbocycles. The first-order valence-electron chi connectivity index (χ1n) is 7.82. The summed E-state index contributed by atoms with van der Waals surface area (Å²) in [7, 11) is 0. The zero-order chi connectivity index (χ0) is 16.2. The summed E-state index contributed by atoms with van der Waals surface area (Å²) in [5.41, 5.74) is 1.58. The topological polar surface area (TPSA) is 62.9 Å². The van der Waals surface area contributed by atoms with Crippen LogP contribution in [0, 0.1) is 12.8 Å². The molecule has 0 unspecified atom stereocenters. The van der Waals surface area contributed by atoms with E-state index in [2.05, 4.69) is 0 Å². The maximum atomic E-state index is 12.6. The molecule has 1 aliphatic rings. The molecular weight excluding hydrogens is 294 g/mol. The summed E-state index contributed by atoms with van der Waals surface area (Å²) in [6.07, 6.45) is 0. The van der Waals surface area contributed by atoms with Gasteiger partial charge in [-0.15, -0.1) is 0 Å². The summed E-state index contributed by atoms with van der Waals surface area (Å²) >= 11 is 0. The van der Waals surface area contributed by atoms with Crippen LogP contribution in [0.15, 0.2) is 40.8 Å². The zero-order valence-electron chi connectivity index (χ0n) is 13.2. The van der Waals surface area contributed by atoms with Crippen molar-refractivity contribution in [2.45, 2.75) is 6.92 Å². The molecule has 5 heteroatoms. The van der Waals surface area contributed by atoms with Crippen molar-refractivity contribution in [1.82, 2.24) is 4.90 Å². The molecule has 3 rings (SSSR count). The number of carbonyl (C=O) groups is 1. The van der Waals surface area contributed by atoms with Crippen LogP contribution in [0.25, 0.3) is 11.3 Å². The normalized spacial score (nSPS) is 18.7. The molecule has 2 heterocycles. The largest absolute Gasteiger partial charge is 0.461 e. The molecule has 1 aromatic heterocycles. The van der Waals surface area contributed by atoms with Crippen LogP contribution in [-0.2, 0) is 4.74 Å². The molecule has 0 radical (unpaired) electrons. The Morgan fingerprint density at radius 3 is 2.70 bits per heavy atom. The average Bonchev–Trinajstić information content (AvgIpc) is 2.87. The van der Waals surface area contributed by atoms with E-state index in [4.69, 9.17) is 9.15 Å². The van der Waals surface area contributed by atoms with E-state index < -0.39 is 0 Å². The number of amides is 1. The molecule has 0 spiro atoms. The van der Waals surface area contributed by atoms with E-state index in [1.165, 1.54) is 0 Å². The predicted molar refractivity (Wildman–Crippen MR) is 86.2 cm³/mol. The number of aliphatic hydroxyl groups is 1. The second-order valence-electron chi connectivity index (χ2n) is 5.86. The molecule has 1 fully saturated rings. The summed E-state index contributed by atoms with van der Waals surface area (Å²) in [5.74, 6) is 1.60. The third-order valence-corrected chi connectivity index (χ3v) is 4.04. The number of nitrogens with zero attached hydrogens (tertiary/aromatic N) is 1. The van der Waals surface area contributed by atoms with Gasteiger partial charge in [0.15, 0.2) is 0 Å². The lowest BCUT2D eigenvalue weighted by Gasteiger charge is -2.22. The van der Waals surface area contributed by atoms with E-state index in [-0.39, 0.29) is 18.4 Å². The van der Waals surface area contributed by atoms with Crippen molar-refractivity contribution in [3.63, 3.8) is 0 Å². The van der Waals surface area contributed by atoms with Crippen LogP contribution >= 0.6 is 0 Å². The summed E-state index contributed by atoms with van der Waals surface area (Å²) in [4.78, 5) is 14.4. The van der Waals surface area contributed by atoms with Crippen molar-refractivity contribution < 1.29 is 19.1 Å². The first-order chi connectivity index (χ1) is 11.2. The molecule has 1 aliphatic heterocycles. The van der Waals surface area contributed by atoms with Crippen LogP contribution in [-0.4, -0.2) is 48.8 Å². The van der Waals surface area contributed by atoms with Gasteiger partial charge in [0.2, 0.25) is 0 Å². The Bertz CT molecular complexity index is 662. The Labute approximate surface area is 135 Å². The quantitative estimate of drug-likeness (QED) is 0.944. The highest BCUT2D eigenvalue weighted by Crippen LogP contribution is 2.22. The van der Waals surface area contributed by atoms with Crippen LogP contribution in [0.1, 0.15) is 16.1 Å². The minimum absolute atomic E-state index is 0.0215. The van der Waals surface area contributed by atoms with Gasteiger partial charge in [0.05, 0.1) is 13.2 Å². The van der Waals surface area contributed by atoms with Gasteiger partial charge >= 0.3 is 0 Å². The predicted octanol–water partition coefficient (Wildman–Crippen LogP) is 2.34. The van der Waals surface area contributed by atoms with Crippen LogP contribution in [0.4, 0.5) is 0 Å². The highest BCUT2D eigenvalue weighted by atomic mass is 16.5. The first kappa shape index (κ1) is 15.8.